The van der Waals surface area contributed by atoms with Gasteiger partial charge in [0, 0.05) is 6.54 Å². The highest BCUT2D eigenvalue weighted by atomic mass is 32.2. The molecule has 2 rings (SSSR count). The molecular weight excluding hydrogens is 340 g/mol. The Morgan fingerprint density at radius 1 is 1.32 bits per heavy atom. The summed E-state index contributed by atoms with van der Waals surface area (Å²) in [4.78, 5) is 12.4. The van der Waals surface area contributed by atoms with Gasteiger partial charge in [0.05, 0.1) is 12.3 Å². The van der Waals surface area contributed by atoms with E-state index in [2.05, 4.69) is 5.32 Å². The predicted molar refractivity (Wildman–Crippen MR) is 98.2 cm³/mol. The zero-order valence-electron chi connectivity index (χ0n) is 15.2. The van der Waals surface area contributed by atoms with Crippen LogP contribution in [0.25, 0.3) is 0 Å². The quantitative estimate of drug-likeness (QED) is 0.712. The lowest BCUT2D eigenvalue weighted by molar-refractivity contribution is -0.124. The molecule has 6 nitrogen and oxygen atoms in total. The number of para-hydroxylation sites is 1. The fraction of sp³-hybridized carbons (Fsp3) is 0.611. The van der Waals surface area contributed by atoms with E-state index in [0.717, 1.165) is 23.3 Å². The number of nitrogens with zero attached hydrogens (tertiary/aromatic N) is 1. The van der Waals surface area contributed by atoms with Gasteiger partial charge < -0.3 is 10.1 Å². The van der Waals surface area contributed by atoms with Crippen LogP contribution in [0.2, 0.25) is 0 Å². The van der Waals surface area contributed by atoms with E-state index in [1.165, 1.54) is 4.31 Å². The number of amides is 1. The molecule has 0 saturated carbocycles. The van der Waals surface area contributed by atoms with E-state index in [9.17, 15) is 13.2 Å². The summed E-state index contributed by atoms with van der Waals surface area (Å²) >= 11 is 0. The molecule has 0 aliphatic carbocycles. The van der Waals surface area contributed by atoms with E-state index in [1.807, 2.05) is 39.0 Å². The minimum atomic E-state index is -3.35. The molecule has 1 N–H and O–H groups in total. The van der Waals surface area contributed by atoms with Gasteiger partial charge in [-0.25, -0.2) is 8.42 Å². The summed E-state index contributed by atoms with van der Waals surface area (Å²) in [5, 5.41) is 2.81. The summed E-state index contributed by atoms with van der Waals surface area (Å²) < 4.78 is 31.6. The third-order valence-corrected chi connectivity index (χ3v) is 6.46. The third kappa shape index (κ3) is 4.95. The molecule has 7 heteroatoms. The number of sulfonamides is 1. The van der Waals surface area contributed by atoms with Gasteiger partial charge in [-0.2, -0.15) is 4.31 Å². The molecule has 1 atom stereocenters. The van der Waals surface area contributed by atoms with Crippen molar-refractivity contribution < 1.29 is 17.9 Å². The van der Waals surface area contributed by atoms with Crippen LogP contribution in [0, 0.1) is 13.8 Å². The van der Waals surface area contributed by atoms with Crippen molar-refractivity contribution in [1.29, 1.82) is 0 Å². The van der Waals surface area contributed by atoms with Crippen molar-refractivity contribution >= 4 is 15.9 Å². The number of hydrogen-bond acceptors (Lipinski definition) is 4. The molecular formula is C18H28N2O4S. The molecule has 0 bridgehead atoms. The second-order valence-electron chi connectivity index (χ2n) is 6.45. The molecule has 1 aliphatic rings. The standard InChI is InChI=1S/C18H28N2O4S/c1-4-13-25(22,23)20-11-6-9-16(20)18(21)19-10-12-24-17-14(2)7-5-8-15(17)3/h5,7-8,16H,4,6,9-13H2,1-3H3,(H,19,21). The van der Waals surface area contributed by atoms with Crippen LogP contribution in [0.5, 0.6) is 5.75 Å². The summed E-state index contributed by atoms with van der Waals surface area (Å²) in [6.07, 6.45) is 1.85. The van der Waals surface area contributed by atoms with E-state index >= 15 is 0 Å². The van der Waals surface area contributed by atoms with Gasteiger partial charge in [-0.05, 0) is 44.2 Å². The van der Waals surface area contributed by atoms with Gasteiger partial charge in [0.2, 0.25) is 15.9 Å². The van der Waals surface area contributed by atoms with Crippen molar-refractivity contribution in [3.8, 4) is 5.75 Å². The van der Waals surface area contributed by atoms with Crippen LogP contribution < -0.4 is 10.1 Å². The summed E-state index contributed by atoms with van der Waals surface area (Å²) in [6.45, 7) is 6.93. The number of rotatable bonds is 8. The maximum absolute atomic E-state index is 12.4. The molecule has 1 amide bonds. The fourth-order valence-corrected chi connectivity index (χ4v) is 4.93. The van der Waals surface area contributed by atoms with Crippen LogP contribution in [-0.4, -0.2) is 50.1 Å². The maximum Gasteiger partial charge on any atom is 0.238 e. The first-order valence-corrected chi connectivity index (χ1v) is 10.4. The van der Waals surface area contributed by atoms with E-state index < -0.39 is 16.1 Å². The average Bonchev–Trinajstić information content (AvgIpc) is 3.04. The van der Waals surface area contributed by atoms with Gasteiger partial charge in [0.15, 0.2) is 0 Å². The number of benzene rings is 1. The zero-order chi connectivity index (χ0) is 18.4. The monoisotopic (exact) mass is 368 g/mol. The van der Waals surface area contributed by atoms with Gasteiger partial charge in [-0.3, -0.25) is 4.79 Å². The first-order valence-electron chi connectivity index (χ1n) is 8.83. The molecule has 140 valence electrons. The van der Waals surface area contributed by atoms with Crippen molar-refractivity contribution in [1.82, 2.24) is 9.62 Å². The van der Waals surface area contributed by atoms with E-state index in [0.29, 0.717) is 32.5 Å². The molecule has 1 unspecified atom stereocenters. The lowest BCUT2D eigenvalue weighted by atomic mass is 10.1. The van der Waals surface area contributed by atoms with Crippen LogP contribution in [0.3, 0.4) is 0 Å². The van der Waals surface area contributed by atoms with Gasteiger partial charge in [-0.15, -0.1) is 0 Å². The molecule has 1 aromatic rings. The Morgan fingerprint density at radius 3 is 2.64 bits per heavy atom. The summed E-state index contributed by atoms with van der Waals surface area (Å²) in [7, 11) is -3.35. The highest BCUT2D eigenvalue weighted by Gasteiger charge is 2.37. The Hall–Kier alpha value is -1.60. The molecule has 0 radical (unpaired) electrons. The maximum atomic E-state index is 12.4. The molecule has 25 heavy (non-hydrogen) atoms. The van der Waals surface area contributed by atoms with Gasteiger partial charge in [-0.1, -0.05) is 25.1 Å². The van der Waals surface area contributed by atoms with Crippen LogP contribution in [-0.2, 0) is 14.8 Å². The first-order chi connectivity index (χ1) is 11.9. The Labute approximate surface area is 150 Å². The van der Waals surface area contributed by atoms with Crippen molar-refractivity contribution in [3.05, 3.63) is 29.3 Å². The van der Waals surface area contributed by atoms with E-state index in [-0.39, 0.29) is 11.7 Å². The zero-order valence-corrected chi connectivity index (χ0v) is 16.1. The van der Waals surface area contributed by atoms with Crippen LogP contribution in [0.15, 0.2) is 18.2 Å². The van der Waals surface area contributed by atoms with Crippen molar-refractivity contribution in [3.63, 3.8) is 0 Å². The molecule has 1 aromatic carbocycles. The number of aryl methyl sites for hydroxylation is 2. The van der Waals surface area contributed by atoms with Crippen LogP contribution in [0.4, 0.5) is 0 Å². The highest BCUT2D eigenvalue weighted by molar-refractivity contribution is 7.89. The summed E-state index contributed by atoms with van der Waals surface area (Å²) in [6, 6.07) is 5.35. The van der Waals surface area contributed by atoms with Crippen molar-refractivity contribution in [2.45, 2.75) is 46.1 Å². The Morgan fingerprint density at radius 2 is 2.00 bits per heavy atom. The number of nitrogens with one attached hydrogen (secondary N) is 1. The number of hydrogen-bond donors (Lipinski definition) is 1. The molecule has 1 fully saturated rings. The Balaban J connectivity index is 1.86. The molecule has 0 spiro atoms. The van der Waals surface area contributed by atoms with E-state index in [4.69, 9.17) is 4.74 Å². The van der Waals surface area contributed by atoms with Gasteiger partial charge in [0.25, 0.3) is 0 Å². The van der Waals surface area contributed by atoms with Crippen LogP contribution >= 0.6 is 0 Å². The molecule has 0 aromatic heterocycles. The minimum absolute atomic E-state index is 0.0897. The normalized spacial score (nSPS) is 18.3. The number of carbonyl (C=O) groups is 1. The second-order valence-corrected chi connectivity index (χ2v) is 8.49. The summed E-state index contributed by atoms with van der Waals surface area (Å²) in [5.74, 6) is 0.693. The molecule has 1 heterocycles. The topological polar surface area (TPSA) is 75.7 Å². The highest BCUT2D eigenvalue weighted by Crippen LogP contribution is 2.23. The smallest absolute Gasteiger partial charge is 0.238 e. The average molecular weight is 368 g/mol. The van der Waals surface area contributed by atoms with Crippen molar-refractivity contribution in [2.75, 3.05) is 25.4 Å². The van der Waals surface area contributed by atoms with Crippen LogP contribution in [0.1, 0.15) is 37.3 Å². The third-order valence-electron chi connectivity index (χ3n) is 4.38. The lowest BCUT2D eigenvalue weighted by Crippen LogP contribution is -2.47. The van der Waals surface area contributed by atoms with Crippen molar-refractivity contribution in [2.24, 2.45) is 0 Å². The van der Waals surface area contributed by atoms with Gasteiger partial charge in [0.1, 0.15) is 18.4 Å². The summed E-state index contributed by atoms with van der Waals surface area (Å²) in [5.41, 5.74) is 2.11. The Bertz CT molecular complexity index is 683. The number of ether oxygens (including phenoxy) is 1. The molecule has 1 aliphatic heterocycles. The lowest BCUT2D eigenvalue weighted by Gasteiger charge is -2.23. The van der Waals surface area contributed by atoms with Gasteiger partial charge >= 0.3 is 0 Å². The predicted octanol–water partition coefficient (Wildman–Crippen LogP) is 2.00. The fourth-order valence-electron chi connectivity index (χ4n) is 3.18. The largest absolute Gasteiger partial charge is 0.491 e. The first kappa shape index (κ1) is 19.7. The SMILES string of the molecule is CCCS(=O)(=O)N1CCCC1C(=O)NCCOc1c(C)cccc1C. The second kappa shape index (κ2) is 8.67. The van der Waals surface area contributed by atoms with E-state index in [1.54, 1.807) is 0 Å². The number of carbonyl (C=O) groups excluding carboxylic acids is 1. The Kier molecular flexibility index (Phi) is 6.84. The minimum Gasteiger partial charge on any atom is -0.491 e. The molecule has 1 saturated heterocycles.